The van der Waals surface area contributed by atoms with E-state index in [1.807, 2.05) is 12.3 Å². The van der Waals surface area contributed by atoms with E-state index in [9.17, 15) is 4.79 Å². The number of hydrogen-bond donors (Lipinski definition) is 1. The number of carbonyl (C=O) groups excluding carboxylic acids is 1. The maximum atomic E-state index is 12.0. The van der Waals surface area contributed by atoms with Crippen LogP contribution >= 0.6 is 11.3 Å². The first kappa shape index (κ1) is 14.4. The molecule has 0 aromatic carbocycles. The van der Waals surface area contributed by atoms with Gasteiger partial charge in [0.1, 0.15) is 0 Å². The maximum Gasteiger partial charge on any atom is 0.252 e. The van der Waals surface area contributed by atoms with Crippen molar-refractivity contribution in [1.29, 1.82) is 0 Å². The summed E-state index contributed by atoms with van der Waals surface area (Å²) < 4.78 is 10.6. The van der Waals surface area contributed by atoms with Gasteiger partial charge in [0.25, 0.3) is 5.91 Å². The topological polar surface area (TPSA) is 60.5 Å². The number of carbonyl (C=O) groups is 1. The first-order chi connectivity index (χ1) is 9.08. The fraction of sp³-hybridized carbons (Fsp3) is 0.692. The van der Waals surface area contributed by atoms with E-state index >= 15 is 0 Å². The van der Waals surface area contributed by atoms with Crippen molar-refractivity contribution < 1.29 is 14.3 Å². The first-order valence-corrected chi connectivity index (χ1v) is 7.41. The van der Waals surface area contributed by atoms with E-state index in [1.165, 1.54) is 0 Å². The largest absolute Gasteiger partial charge is 0.376 e. The van der Waals surface area contributed by atoms with Gasteiger partial charge >= 0.3 is 0 Å². The van der Waals surface area contributed by atoms with Crippen molar-refractivity contribution in [1.82, 2.24) is 10.3 Å². The van der Waals surface area contributed by atoms with Crippen LogP contribution in [-0.2, 0) is 14.3 Å². The lowest BCUT2D eigenvalue weighted by atomic mass is 10.2. The zero-order valence-corrected chi connectivity index (χ0v) is 12.3. The van der Waals surface area contributed by atoms with Gasteiger partial charge in [-0.1, -0.05) is 13.8 Å². The number of hydrogen-bond acceptors (Lipinski definition) is 5. The predicted molar refractivity (Wildman–Crippen MR) is 73.3 cm³/mol. The van der Waals surface area contributed by atoms with E-state index < -0.39 is 6.10 Å². The van der Waals surface area contributed by atoms with E-state index in [0.29, 0.717) is 25.7 Å². The molecule has 1 fully saturated rings. The molecule has 5 nitrogen and oxygen atoms in total. The number of ether oxygens (including phenoxy) is 2. The van der Waals surface area contributed by atoms with Crippen LogP contribution in [0.1, 0.15) is 43.4 Å². The van der Waals surface area contributed by atoms with Crippen LogP contribution in [0, 0.1) is 0 Å². The van der Waals surface area contributed by atoms with Crippen LogP contribution in [0.2, 0.25) is 0 Å². The molecule has 0 aliphatic carbocycles. The number of nitrogens with one attached hydrogen (secondary N) is 1. The van der Waals surface area contributed by atoms with Gasteiger partial charge in [-0.05, 0) is 6.92 Å². The third kappa shape index (κ3) is 3.75. The number of nitrogens with zero attached hydrogens (tertiary/aromatic N) is 1. The zero-order valence-electron chi connectivity index (χ0n) is 11.5. The highest BCUT2D eigenvalue weighted by Gasteiger charge is 2.24. The Morgan fingerprint density at radius 1 is 1.47 bits per heavy atom. The fourth-order valence-corrected chi connectivity index (χ4v) is 2.71. The molecule has 0 saturated carbocycles. The van der Waals surface area contributed by atoms with Crippen molar-refractivity contribution in [3.63, 3.8) is 0 Å². The number of amides is 1. The number of rotatable bonds is 4. The molecule has 1 aliphatic heterocycles. The van der Waals surface area contributed by atoms with Crippen LogP contribution in [-0.4, -0.2) is 36.8 Å². The van der Waals surface area contributed by atoms with E-state index in [0.717, 1.165) is 10.7 Å². The summed E-state index contributed by atoms with van der Waals surface area (Å²) in [6.07, 6.45) is -0.501. The summed E-state index contributed by atoms with van der Waals surface area (Å²) >= 11 is 1.63. The van der Waals surface area contributed by atoms with Crippen molar-refractivity contribution in [2.45, 2.75) is 38.8 Å². The molecule has 1 aromatic heterocycles. The van der Waals surface area contributed by atoms with E-state index in [4.69, 9.17) is 9.47 Å². The van der Waals surface area contributed by atoms with Crippen LogP contribution < -0.4 is 5.32 Å². The lowest BCUT2D eigenvalue weighted by Gasteiger charge is -2.23. The van der Waals surface area contributed by atoms with E-state index in [1.54, 1.807) is 11.3 Å². The summed E-state index contributed by atoms with van der Waals surface area (Å²) in [5.74, 6) is 0.281. The van der Waals surface area contributed by atoms with Crippen LogP contribution in [0.5, 0.6) is 0 Å². The van der Waals surface area contributed by atoms with Gasteiger partial charge in [0.05, 0.1) is 36.6 Å². The van der Waals surface area contributed by atoms with Crippen molar-refractivity contribution in [3.8, 4) is 0 Å². The molecule has 106 valence electrons. The Bertz CT molecular complexity index is 427. The summed E-state index contributed by atoms with van der Waals surface area (Å²) in [5.41, 5.74) is 0.902. The molecule has 2 unspecified atom stereocenters. The monoisotopic (exact) mass is 284 g/mol. The minimum atomic E-state index is -0.501. The molecule has 1 aromatic rings. The molecule has 0 radical (unpaired) electrons. The molecule has 0 spiro atoms. The lowest BCUT2D eigenvalue weighted by Crippen LogP contribution is -2.43. The van der Waals surface area contributed by atoms with Gasteiger partial charge in [0.2, 0.25) is 0 Å². The van der Waals surface area contributed by atoms with Crippen LogP contribution in [0.25, 0.3) is 0 Å². The summed E-state index contributed by atoms with van der Waals surface area (Å²) in [4.78, 5) is 16.5. The Hall–Kier alpha value is -0.980. The molecular formula is C13H20N2O3S. The van der Waals surface area contributed by atoms with Crippen LogP contribution in [0.4, 0.5) is 0 Å². The molecule has 1 amide bonds. The van der Waals surface area contributed by atoms with Crippen LogP contribution in [0.15, 0.2) is 5.38 Å². The van der Waals surface area contributed by atoms with Crippen molar-refractivity contribution in [2.24, 2.45) is 0 Å². The number of aromatic nitrogens is 1. The summed E-state index contributed by atoms with van der Waals surface area (Å²) in [6, 6.07) is -0.109. The van der Waals surface area contributed by atoms with Gasteiger partial charge < -0.3 is 14.8 Å². The van der Waals surface area contributed by atoms with Crippen LogP contribution in [0.3, 0.4) is 0 Å². The van der Waals surface area contributed by atoms with Gasteiger partial charge in [-0.25, -0.2) is 4.98 Å². The first-order valence-electron chi connectivity index (χ1n) is 6.53. The Morgan fingerprint density at radius 2 is 2.26 bits per heavy atom. The molecule has 1 N–H and O–H groups in total. The van der Waals surface area contributed by atoms with Gasteiger partial charge in [-0.3, -0.25) is 4.79 Å². The molecule has 0 bridgehead atoms. The molecule has 2 atom stereocenters. The quantitative estimate of drug-likeness (QED) is 0.917. The normalized spacial score (nSPS) is 21.4. The van der Waals surface area contributed by atoms with Gasteiger partial charge in [-0.2, -0.15) is 0 Å². The third-order valence-electron chi connectivity index (χ3n) is 2.94. The predicted octanol–water partition coefficient (Wildman–Crippen LogP) is 1.86. The minimum absolute atomic E-state index is 0.109. The van der Waals surface area contributed by atoms with Crippen molar-refractivity contribution >= 4 is 17.2 Å². The Labute approximate surface area is 117 Å². The standard InChI is InChI=1S/C13H20N2O3S/c1-8(2)13-15-10(7-19-13)9(3)14-12(16)11-6-17-4-5-18-11/h7-9,11H,4-6H2,1-3H3,(H,14,16). The molecular weight excluding hydrogens is 264 g/mol. The van der Waals surface area contributed by atoms with Crippen molar-refractivity contribution in [2.75, 3.05) is 19.8 Å². The van der Waals surface area contributed by atoms with Crippen molar-refractivity contribution in [3.05, 3.63) is 16.1 Å². The highest BCUT2D eigenvalue weighted by Crippen LogP contribution is 2.22. The van der Waals surface area contributed by atoms with E-state index in [-0.39, 0.29) is 11.9 Å². The molecule has 2 rings (SSSR count). The second-order valence-corrected chi connectivity index (χ2v) is 5.82. The molecule has 1 aliphatic rings. The van der Waals surface area contributed by atoms with E-state index in [2.05, 4.69) is 24.1 Å². The summed E-state index contributed by atoms with van der Waals surface area (Å²) in [7, 11) is 0. The third-order valence-corrected chi connectivity index (χ3v) is 4.11. The molecule has 2 heterocycles. The summed E-state index contributed by atoms with van der Waals surface area (Å²) in [6.45, 7) is 7.51. The van der Waals surface area contributed by atoms with Gasteiger partial charge in [0.15, 0.2) is 6.10 Å². The molecule has 19 heavy (non-hydrogen) atoms. The molecule has 1 saturated heterocycles. The van der Waals surface area contributed by atoms with Gasteiger partial charge in [0, 0.05) is 11.3 Å². The average molecular weight is 284 g/mol. The maximum absolute atomic E-state index is 12.0. The SMILES string of the molecule is CC(C)c1nc(C(C)NC(=O)C2COCCO2)cs1. The lowest BCUT2D eigenvalue weighted by molar-refractivity contribution is -0.148. The zero-order chi connectivity index (χ0) is 13.8. The Kier molecular flexibility index (Phi) is 4.90. The second kappa shape index (κ2) is 6.45. The highest BCUT2D eigenvalue weighted by molar-refractivity contribution is 7.09. The average Bonchev–Trinajstić information content (AvgIpc) is 2.89. The summed E-state index contributed by atoms with van der Waals surface area (Å²) in [5, 5.41) is 6.01. The highest BCUT2D eigenvalue weighted by atomic mass is 32.1. The molecule has 6 heteroatoms. The second-order valence-electron chi connectivity index (χ2n) is 4.93. The fourth-order valence-electron chi connectivity index (χ4n) is 1.78. The Balaban J connectivity index is 1.91. The smallest absolute Gasteiger partial charge is 0.252 e. The minimum Gasteiger partial charge on any atom is -0.376 e. The van der Waals surface area contributed by atoms with Gasteiger partial charge in [-0.15, -0.1) is 11.3 Å². The Morgan fingerprint density at radius 3 is 2.84 bits per heavy atom. The number of thiazole rings is 1.